The molecule has 1 aromatic carbocycles. The van der Waals surface area contributed by atoms with E-state index in [1.54, 1.807) is 7.11 Å². The van der Waals surface area contributed by atoms with Crippen LogP contribution in [0.4, 0.5) is 0 Å². The van der Waals surface area contributed by atoms with Crippen molar-refractivity contribution >= 4 is 0 Å². The second-order valence-corrected chi connectivity index (χ2v) is 3.92. The summed E-state index contributed by atoms with van der Waals surface area (Å²) in [5, 5.41) is 0. The van der Waals surface area contributed by atoms with E-state index in [2.05, 4.69) is 0 Å². The van der Waals surface area contributed by atoms with Crippen molar-refractivity contribution in [3.05, 3.63) is 23.8 Å². The maximum absolute atomic E-state index is 6.22. The van der Waals surface area contributed by atoms with Crippen LogP contribution in [0.25, 0.3) is 0 Å². The Morgan fingerprint density at radius 3 is 2.53 bits per heavy atom. The van der Waals surface area contributed by atoms with E-state index in [1.165, 1.54) is 0 Å². The molecule has 0 spiro atoms. The number of rotatable bonds is 4. The molecule has 2 N–H and O–H groups in total. The van der Waals surface area contributed by atoms with Crippen LogP contribution in [0.3, 0.4) is 0 Å². The monoisotopic (exact) mass is 207 g/mol. The first-order chi connectivity index (χ1) is 7.21. The van der Waals surface area contributed by atoms with Gasteiger partial charge < -0.3 is 15.2 Å². The molecule has 15 heavy (non-hydrogen) atoms. The quantitative estimate of drug-likeness (QED) is 0.821. The molecule has 0 unspecified atom stereocenters. The number of benzene rings is 1. The molecular formula is C12H17NO2. The third kappa shape index (κ3) is 1.79. The number of nitrogens with two attached hydrogens (primary N) is 1. The topological polar surface area (TPSA) is 44.5 Å². The summed E-state index contributed by atoms with van der Waals surface area (Å²) in [6, 6.07) is 5.82. The fourth-order valence-corrected chi connectivity index (χ4v) is 1.83. The number of ether oxygens (including phenoxy) is 2. The van der Waals surface area contributed by atoms with E-state index < -0.39 is 0 Å². The standard InChI is InChI=1S/C12H17NO2/c1-3-15-10-6-4-5-9(14-2)11(10)12(13)7-8-12/h4-6H,3,7-8,13H2,1-2H3. The lowest BCUT2D eigenvalue weighted by Gasteiger charge is -2.18. The minimum atomic E-state index is -0.225. The van der Waals surface area contributed by atoms with Gasteiger partial charge in [-0.05, 0) is 31.9 Å². The van der Waals surface area contributed by atoms with Crippen LogP contribution in [0.1, 0.15) is 25.3 Å². The molecule has 0 bridgehead atoms. The minimum Gasteiger partial charge on any atom is -0.496 e. The highest BCUT2D eigenvalue weighted by Gasteiger charge is 2.44. The summed E-state index contributed by atoms with van der Waals surface area (Å²) in [5.41, 5.74) is 7.01. The maximum atomic E-state index is 6.22. The Balaban J connectivity index is 2.45. The van der Waals surface area contributed by atoms with Gasteiger partial charge in [0.05, 0.1) is 19.3 Å². The Bertz CT molecular complexity index is 359. The molecule has 1 fully saturated rings. The summed E-state index contributed by atoms with van der Waals surface area (Å²) in [7, 11) is 1.67. The van der Waals surface area contributed by atoms with E-state index in [0.717, 1.165) is 29.9 Å². The lowest BCUT2D eigenvalue weighted by atomic mass is 10.0. The Labute approximate surface area is 90.2 Å². The highest BCUT2D eigenvalue weighted by atomic mass is 16.5. The van der Waals surface area contributed by atoms with Crippen molar-refractivity contribution in [1.82, 2.24) is 0 Å². The van der Waals surface area contributed by atoms with Crippen molar-refractivity contribution in [2.24, 2.45) is 5.73 Å². The Morgan fingerprint density at radius 1 is 1.33 bits per heavy atom. The summed E-state index contributed by atoms with van der Waals surface area (Å²) in [5.74, 6) is 1.69. The van der Waals surface area contributed by atoms with Gasteiger partial charge in [0, 0.05) is 5.54 Å². The van der Waals surface area contributed by atoms with Gasteiger partial charge >= 0.3 is 0 Å². The second-order valence-electron chi connectivity index (χ2n) is 3.92. The summed E-state index contributed by atoms with van der Waals surface area (Å²) in [4.78, 5) is 0. The van der Waals surface area contributed by atoms with E-state index >= 15 is 0 Å². The fraction of sp³-hybridized carbons (Fsp3) is 0.500. The average Bonchev–Trinajstić information content (AvgIpc) is 2.97. The van der Waals surface area contributed by atoms with E-state index in [9.17, 15) is 0 Å². The van der Waals surface area contributed by atoms with Gasteiger partial charge in [-0.15, -0.1) is 0 Å². The Morgan fingerprint density at radius 2 is 2.00 bits per heavy atom. The van der Waals surface area contributed by atoms with E-state index in [-0.39, 0.29) is 5.54 Å². The maximum Gasteiger partial charge on any atom is 0.128 e. The van der Waals surface area contributed by atoms with Crippen molar-refractivity contribution < 1.29 is 9.47 Å². The van der Waals surface area contributed by atoms with Crippen molar-refractivity contribution in [1.29, 1.82) is 0 Å². The summed E-state index contributed by atoms with van der Waals surface area (Å²) in [6.45, 7) is 2.62. The van der Waals surface area contributed by atoms with Crippen molar-refractivity contribution in [3.63, 3.8) is 0 Å². The van der Waals surface area contributed by atoms with Crippen molar-refractivity contribution in [3.8, 4) is 11.5 Å². The van der Waals surface area contributed by atoms with Crippen molar-refractivity contribution in [2.75, 3.05) is 13.7 Å². The molecule has 0 aromatic heterocycles. The predicted molar refractivity (Wildman–Crippen MR) is 59.3 cm³/mol. The zero-order valence-electron chi connectivity index (χ0n) is 9.25. The van der Waals surface area contributed by atoms with Gasteiger partial charge in [0.25, 0.3) is 0 Å². The molecule has 0 aliphatic heterocycles. The molecule has 1 aromatic rings. The SMILES string of the molecule is CCOc1cccc(OC)c1C1(N)CC1. The first kappa shape index (κ1) is 10.3. The molecule has 1 aliphatic carbocycles. The first-order valence-electron chi connectivity index (χ1n) is 5.30. The molecule has 0 heterocycles. The lowest BCUT2D eigenvalue weighted by Crippen LogP contribution is -2.21. The predicted octanol–water partition coefficient (Wildman–Crippen LogP) is 2.04. The van der Waals surface area contributed by atoms with Gasteiger partial charge in [-0.1, -0.05) is 6.07 Å². The highest BCUT2D eigenvalue weighted by molar-refractivity contribution is 5.51. The highest BCUT2D eigenvalue weighted by Crippen LogP contribution is 2.50. The third-order valence-electron chi connectivity index (χ3n) is 2.79. The summed E-state index contributed by atoms with van der Waals surface area (Å²) in [6.07, 6.45) is 2.01. The summed E-state index contributed by atoms with van der Waals surface area (Å²) >= 11 is 0. The normalized spacial score (nSPS) is 17.3. The van der Waals surface area contributed by atoms with Gasteiger partial charge in [-0.25, -0.2) is 0 Å². The smallest absolute Gasteiger partial charge is 0.128 e. The van der Waals surface area contributed by atoms with Crippen LogP contribution in [0.2, 0.25) is 0 Å². The zero-order valence-corrected chi connectivity index (χ0v) is 9.25. The van der Waals surface area contributed by atoms with Crippen LogP contribution in [0.5, 0.6) is 11.5 Å². The molecule has 0 amide bonds. The molecule has 3 heteroatoms. The number of hydrogen-bond acceptors (Lipinski definition) is 3. The minimum absolute atomic E-state index is 0.225. The molecule has 0 saturated heterocycles. The van der Waals surface area contributed by atoms with E-state index in [1.807, 2.05) is 25.1 Å². The van der Waals surface area contributed by atoms with E-state index in [4.69, 9.17) is 15.2 Å². The summed E-state index contributed by atoms with van der Waals surface area (Å²) < 4.78 is 10.9. The van der Waals surface area contributed by atoms with Gasteiger partial charge in [0.15, 0.2) is 0 Å². The molecule has 0 radical (unpaired) electrons. The molecule has 82 valence electrons. The number of hydrogen-bond donors (Lipinski definition) is 1. The van der Waals surface area contributed by atoms with Crippen LogP contribution < -0.4 is 15.2 Å². The van der Waals surface area contributed by atoms with Crippen LogP contribution in [0.15, 0.2) is 18.2 Å². The van der Waals surface area contributed by atoms with Gasteiger partial charge in [0.1, 0.15) is 11.5 Å². The van der Waals surface area contributed by atoms with E-state index in [0.29, 0.717) is 6.61 Å². The number of methoxy groups -OCH3 is 1. The van der Waals surface area contributed by atoms with Crippen LogP contribution in [-0.2, 0) is 5.54 Å². The van der Waals surface area contributed by atoms with Gasteiger partial charge in [0.2, 0.25) is 0 Å². The van der Waals surface area contributed by atoms with Crippen molar-refractivity contribution in [2.45, 2.75) is 25.3 Å². The third-order valence-corrected chi connectivity index (χ3v) is 2.79. The fourth-order valence-electron chi connectivity index (χ4n) is 1.83. The molecular weight excluding hydrogens is 190 g/mol. The van der Waals surface area contributed by atoms with Crippen LogP contribution in [-0.4, -0.2) is 13.7 Å². The first-order valence-corrected chi connectivity index (χ1v) is 5.30. The molecule has 0 atom stereocenters. The second kappa shape index (κ2) is 3.74. The largest absolute Gasteiger partial charge is 0.496 e. The zero-order chi connectivity index (χ0) is 10.9. The Hall–Kier alpha value is -1.22. The molecule has 2 rings (SSSR count). The molecule has 1 aliphatic rings. The molecule has 1 saturated carbocycles. The Kier molecular flexibility index (Phi) is 2.57. The lowest BCUT2D eigenvalue weighted by molar-refractivity contribution is 0.326. The van der Waals surface area contributed by atoms with Crippen LogP contribution >= 0.6 is 0 Å². The molecule has 3 nitrogen and oxygen atoms in total. The van der Waals surface area contributed by atoms with Gasteiger partial charge in [-0.2, -0.15) is 0 Å². The van der Waals surface area contributed by atoms with Crippen LogP contribution in [0, 0.1) is 0 Å². The average molecular weight is 207 g/mol. The van der Waals surface area contributed by atoms with Gasteiger partial charge in [-0.3, -0.25) is 0 Å².